The van der Waals surface area contributed by atoms with Crippen molar-refractivity contribution in [2.75, 3.05) is 18.8 Å². The summed E-state index contributed by atoms with van der Waals surface area (Å²) in [5, 5.41) is 3.49. The maximum absolute atomic E-state index is 12.2. The van der Waals surface area contributed by atoms with Crippen molar-refractivity contribution in [3.05, 3.63) is 24.3 Å². The van der Waals surface area contributed by atoms with E-state index in [0.29, 0.717) is 19.0 Å². The minimum atomic E-state index is -0.297. The van der Waals surface area contributed by atoms with Crippen LogP contribution < -0.4 is 5.32 Å². The lowest BCUT2D eigenvalue weighted by molar-refractivity contribution is -0.124. The van der Waals surface area contributed by atoms with Crippen LogP contribution in [0.25, 0.3) is 11.0 Å². The lowest BCUT2D eigenvalue weighted by Gasteiger charge is -2.13. The first-order valence-electron chi connectivity index (χ1n) is 8.22. The summed E-state index contributed by atoms with van der Waals surface area (Å²) in [5.74, 6) is 0.648. The predicted octanol–water partition coefficient (Wildman–Crippen LogP) is 2.73. The van der Waals surface area contributed by atoms with Gasteiger partial charge in [-0.1, -0.05) is 37.7 Å². The largest absolute Gasteiger partial charge is 0.336 e. The molecule has 1 aliphatic rings. The highest BCUT2D eigenvalue weighted by Gasteiger charge is 2.26. The average Bonchev–Trinajstić information content (AvgIpc) is 3.14. The highest BCUT2D eigenvalue weighted by molar-refractivity contribution is 7.99. The molecular weight excluding hydrogens is 324 g/mol. The van der Waals surface area contributed by atoms with Gasteiger partial charge in [-0.3, -0.25) is 9.69 Å². The summed E-state index contributed by atoms with van der Waals surface area (Å²) in [5.41, 5.74) is 2.03. The number of imidazole rings is 1. The number of hydrogen-bond donors (Lipinski definition) is 1. The second-order valence-electron chi connectivity index (χ2n) is 6.28. The number of imide groups is 1. The third-order valence-electron chi connectivity index (χ3n) is 4.03. The monoisotopic (exact) mass is 346 g/mol. The third-order valence-corrected chi connectivity index (χ3v) is 4.99. The van der Waals surface area contributed by atoms with Gasteiger partial charge in [-0.05, 0) is 24.5 Å². The van der Waals surface area contributed by atoms with Crippen molar-refractivity contribution in [2.45, 2.75) is 32.0 Å². The minimum absolute atomic E-state index is 0.169. The number of carbonyl (C=O) groups excluding carboxylic acids is 2. The van der Waals surface area contributed by atoms with E-state index >= 15 is 0 Å². The van der Waals surface area contributed by atoms with E-state index in [-0.39, 0.29) is 17.7 Å². The molecule has 7 heteroatoms. The lowest BCUT2D eigenvalue weighted by Crippen LogP contribution is -2.35. The fourth-order valence-electron chi connectivity index (χ4n) is 2.68. The fraction of sp³-hybridized carbons (Fsp3) is 0.471. The van der Waals surface area contributed by atoms with Gasteiger partial charge in [0.1, 0.15) is 0 Å². The quantitative estimate of drug-likeness (QED) is 0.817. The summed E-state index contributed by atoms with van der Waals surface area (Å²) in [6, 6.07) is 7.72. The van der Waals surface area contributed by atoms with Crippen LogP contribution in [-0.4, -0.2) is 45.2 Å². The van der Waals surface area contributed by atoms with Gasteiger partial charge in [0, 0.05) is 19.6 Å². The number of urea groups is 1. The van der Waals surface area contributed by atoms with Gasteiger partial charge < -0.3 is 9.88 Å². The van der Waals surface area contributed by atoms with Crippen molar-refractivity contribution >= 4 is 34.7 Å². The summed E-state index contributed by atoms with van der Waals surface area (Å²) >= 11 is 1.40. The van der Waals surface area contributed by atoms with Gasteiger partial charge in [0.25, 0.3) is 0 Å². The summed E-state index contributed by atoms with van der Waals surface area (Å²) < 4.78 is 2.18. The molecule has 1 N–H and O–H groups in total. The number of hydrogen-bond acceptors (Lipinski definition) is 4. The highest BCUT2D eigenvalue weighted by atomic mass is 32.2. The van der Waals surface area contributed by atoms with Crippen LogP contribution in [0.3, 0.4) is 0 Å². The summed E-state index contributed by atoms with van der Waals surface area (Å²) in [4.78, 5) is 29.7. The molecule has 24 heavy (non-hydrogen) atoms. The molecule has 0 radical (unpaired) electrons. The van der Waals surface area contributed by atoms with E-state index in [4.69, 9.17) is 0 Å². The maximum Gasteiger partial charge on any atom is 0.324 e. The summed E-state index contributed by atoms with van der Waals surface area (Å²) in [6.07, 6.45) is 1.05. The Morgan fingerprint density at radius 3 is 2.88 bits per heavy atom. The van der Waals surface area contributed by atoms with Crippen LogP contribution in [-0.2, 0) is 11.3 Å². The maximum atomic E-state index is 12.2. The molecule has 0 atom stereocenters. The van der Waals surface area contributed by atoms with Gasteiger partial charge in [0.05, 0.1) is 16.8 Å². The number of carbonyl (C=O) groups is 2. The molecule has 128 valence electrons. The minimum Gasteiger partial charge on any atom is -0.336 e. The van der Waals surface area contributed by atoms with Crippen molar-refractivity contribution in [3.8, 4) is 0 Å². The van der Waals surface area contributed by atoms with E-state index in [1.54, 1.807) is 0 Å². The third kappa shape index (κ3) is 3.56. The first-order chi connectivity index (χ1) is 11.6. The number of nitrogens with one attached hydrogen (secondary N) is 1. The molecule has 0 saturated carbocycles. The normalized spacial score (nSPS) is 14.6. The van der Waals surface area contributed by atoms with Crippen LogP contribution in [0.4, 0.5) is 4.79 Å². The summed E-state index contributed by atoms with van der Waals surface area (Å²) in [6.45, 7) is 6.24. The number of thioether (sulfide) groups is 1. The Labute approximate surface area is 145 Å². The Morgan fingerprint density at radius 2 is 2.17 bits per heavy atom. The van der Waals surface area contributed by atoms with Crippen molar-refractivity contribution in [2.24, 2.45) is 5.92 Å². The number of aromatic nitrogens is 2. The Morgan fingerprint density at radius 1 is 1.38 bits per heavy atom. The van der Waals surface area contributed by atoms with Crippen LogP contribution in [0.5, 0.6) is 0 Å². The van der Waals surface area contributed by atoms with Gasteiger partial charge in [0.15, 0.2) is 5.16 Å². The second-order valence-corrected chi connectivity index (χ2v) is 7.23. The lowest BCUT2D eigenvalue weighted by atomic mass is 10.1. The zero-order valence-corrected chi connectivity index (χ0v) is 14.8. The van der Waals surface area contributed by atoms with Gasteiger partial charge >= 0.3 is 6.03 Å². The molecule has 1 aliphatic heterocycles. The van der Waals surface area contributed by atoms with Crippen LogP contribution in [0.1, 0.15) is 20.3 Å². The number of para-hydroxylation sites is 2. The van der Waals surface area contributed by atoms with E-state index in [2.05, 4.69) is 34.8 Å². The smallest absolute Gasteiger partial charge is 0.324 e. The molecule has 2 aromatic rings. The molecule has 2 heterocycles. The van der Waals surface area contributed by atoms with Gasteiger partial charge in [-0.25, -0.2) is 9.78 Å². The molecule has 0 aliphatic carbocycles. The molecule has 0 unspecified atom stereocenters. The molecule has 3 rings (SSSR count). The van der Waals surface area contributed by atoms with Crippen LogP contribution in [0.2, 0.25) is 0 Å². The standard InChI is InChI=1S/C17H22N4O2S/c1-12(2)7-9-20-14-6-4-3-5-13(14)19-17(20)24-11-15(22)21-10-8-18-16(21)23/h3-6,12H,7-11H2,1-2H3,(H,18,23). The zero-order valence-electron chi connectivity index (χ0n) is 14.0. The van der Waals surface area contributed by atoms with Crippen LogP contribution in [0.15, 0.2) is 29.4 Å². The van der Waals surface area contributed by atoms with Crippen LogP contribution in [0, 0.1) is 5.92 Å². The number of nitrogens with zero attached hydrogens (tertiary/aromatic N) is 3. The molecule has 1 aromatic heterocycles. The highest BCUT2D eigenvalue weighted by Crippen LogP contribution is 2.25. The van der Waals surface area contributed by atoms with Crippen LogP contribution >= 0.6 is 11.8 Å². The second kappa shape index (κ2) is 7.25. The Kier molecular flexibility index (Phi) is 5.08. The predicted molar refractivity (Wildman–Crippen MR) is 95.0 cm³/mol. The number of aryl methyl sites for hydroxylation is 1. The van der Waals surface area contributed by atoms with Gasteiger partial charge in [-0.15, -0.1) is 0 Å². The Bertz CT molecular complexity index is 756. The van der Waals surface area contributed by atoms with Crippen molar-refractivity contribution in [1.82, 2.24) is 19.8 Å². The molecule has 3 amide bonds. The molecular formula is C17H22N4O2S. The van der Waals surface area contributed by atoms with E-state index in [0.717, 1.165) is 29.2 Å². The Balaban J connectivity index is 1.76. The SMILES string of the molecule is CC(C)CCn1c(SCC(=O)N2CCNC2=O)nc2ccccc21. The Hall–Kier alpha value is -2.02. The molecule has 6 nitrogen and oxygen atoms in total. The van der Waals surface area contributed by atoms with E-state index < -0.39 is 0 Å². The zero-order chi connectivity index (χ0) is 17.1. The first kappa shape index (κ1) is 16.8. The van der Waals surface area contributed by atoms with E-state index in [1.807, 2.05) is 18.2 Å². The number of rotatable bonds is 6. The van der Waals surface area contributed by atoms with E-state index in [1.165, 1.54) is 16.7 Å². The first-order valence-corrected chi connectivity index (χ1v) is 9.21. The molecule has 0 spiro atoms. The topological polar surface area (TPSA) is 67.2 Å². The number of fused-ring (bicyclic) bond motifs is 1. The molecule has 1 aromatic carbocycles. The van der Waals surface area contributed by atoms with Crippen molar-refractivity contribution in [1.29, 1.82) is 0 Å². The molecule has 1 fully saturated rings. The van der Waals surface area contributed by atoms with E-state index in [9.17, 15) is 9.59 Å². The van der Waals surface area contributed by atoms with Gasteiger partial charge in [-0.2, -0.15) is 0 Å². The average molecular weight is 346 g/mol. The molecule has 1 saturated heterocycles. The number of amides is 3. The summed E-state index contributed by atoms with van der Waals surface area (Å²) in [7, 11) is 0. The molecule has 0 bridgehead atoms. The van der Waals surface area contributed by atoms with Crippen molar-refractivity contribution < 1.29 is 9.59 Å². The number of benzene rings is 1. The van der Waals surface area contributed by atoms with Gasteiger partial charge in [0.2, 0.25) is 5.91 Å². The fourth-order valence-corrected chi connectivity index (χ4v) is 3.60. The van der Waals surface area contributed by atoms with Crippen molar-refractivity contribution in [3.63, 3.8) is 0 Å².